The Bertz CT molecular complexity index is 663. The van der Waals surface area contributed by atoms with Crippen LogP contribution in [0, 0.1) is 0 Å². The molecule has 3 rings (SSSR count). The molecule has 0 radical (unpaired) electrons. The Balaban J connectivity index is 1.60. The van der Waals surface area contributed by atoms with E-state index >= 15 is 0 Å². The van der Waals surface area contributed by atoms with Crippen LogP contribution in [0.5, 0.6) is 0 Å². The van der Waals surface area contributed by atoms with E-state index in [9.17, 15) is 4.79 Å². The zero-order valence-corrected chi connectivity index (χ0v) is 14.1. The van der Waals surface area contributed by atoms with Gasteiger partial charge >= 0.3 is 0 Å². The molecule has 128 valence electrons. The topological polar surface area (TPSA) is 72.3 Å². The fraction of sp³-hybridized carbons (Fsp3) is 0.471. The number of rotatable bonds is 5. The number of pyridine rings is 1. The molecule has 0 bridgehead atoms. The molecular weight excluding hydrogens is 306 g/mol. The number of nitrogens with one attached hydrogen (secondary N) is 1. The number of ether oxygens (including phenoxy) is 1. The molecule has 1 aliphatic heterocycles. The predicted octanol–water partition coefficient (Wildman–Crippen LogP) is 1.32. The maximum absolute atomic E-state index is 12.3. The van der Waals surface area contributed by atoms with Gasteiger partial charge in [0.25, 0.3) is 5.91 Å². The van der Waals surface area contributed by atoms with E-state index in [4.69, 9.17) is 4.74 Å². The molecule has 24 heavy (non-hydrogen) atoms. The van der Waals surface area contributed by atoms with Gasteiger partial charge in [0.05, 0.1) is 18.8 Å². The second-order valence-corrected chi connectivity index (χ2v) is 6.09. The SMILES string of the molecule is C[C@@H]1CN(c2ccnc(C(=O)NCCn3cccn3)c2)C[C@@H](C)O1. The third-order valence-corrected chi connectivity index (χ3v) is 3.95. The highest BCUT2D eigenvalue weighted by atomic mass is 16.5. The minimum Gasteiger partial charge on any atom is -0.372 e. The molecule has 1 aliphatic rings. The van der Waals surface area contributed by atoms with Crippen LogP contribution in [0.2, 0.25) is 0 Å². The molecule has 0 aliphatic carbocycles. The molecule has 0 unspecified atom stereocenters. The Morgan fingerprint density at radius 1 is 1.33 bits per heavy atom. The van der Waals surface area contributed by atoms with Gasteiger partial charge in [0.1, 0.15) is 5.69 Å². The Hall–Kier alpha value is -2.41. The second kappa shape index (κ2) is 7.44. The summed E-state index contributed by atoms with van der Waals surface area (Å²) in [6.45, 7) is 6.90. The van der Waals surface area contributed by atoms with Gasteiger partial charge in [-0.1, -0.05) is 0 Å². The number of amides is 1. The smallest absolute Gasteiger partial charge is 0.270 e. The molecule has 0 spiro atoms. The van der Waals surface area contributed by atoms with E-state index in [2.05, 4.69) is 34.1 Å². The number of hydrogen-bond donors (Lipinski definition) is 1. The van der Waals surface area contributed by atoms with Crippen LogP contribution in [0.1, 0.15) is 24.3 Å². The number of nitrogens with zero attached hydrogens (tertiary/aromatic N) is 4. The van der Waals surface area contributed by atoms with Gasteiger partial charge in [-0.25, -0.2) is 0 Å². The van der Waals surface area contributed by atoms with Crippen molar-refractivity contribution in [2.75, 3.05) is 24.5 Å². The summed E-state index contributed by atoms with van der Waals surface area (Å²) in [5, 5.41) is 6.99. The molecule has 7 nitrogen and oxygen atoms in total. The Morgan fingerprint density at radius 2 is 2.12 bits per heavy atom. The molecule has 1 saturated heterocycles. The largest absolute Gasteiger partial charge is 0.372 e. The molecule has 2 aromatic rings. The molecule has 0 aromatic carbocycles. The zero-order chi connectivity index (χ0) is 16.9. The highest BCUT2D eigenvalue weighted by Gasteiger charge is 2.23. The van der Waals surface area contributed by atoms with E-state index < -0.39 is 0 Å². The van der Waals surface area contributed by atoms with Crippen molar-refractivity contribution in [3.8, 4) is 0 Å². The van der Waals surface area contributed by atoms with Crippen molar-refractivity contribution in [2.24, 2.45) is 0 Å². The molecule has 0 saturated carbocycles. The van der Waals surface area contributed by atoms with Crippen LogP contribution < -0.4 is 10.2 Å². The first-order valence-corrected chi connectivity index (χ1v) is 8.24. The number of anilines is 1. The van der Waals surface area contributed by atoms with Gasteiger partial charge in [-0.15, -0.1) is 0 Å². The first-order chi connectivity index (χ1) is 11.6. The number of aromatic nitrogens is 3. The van der Waals surface area contributed by atoms with E-state index in [1.54, 1.807) is 17.1 Å². The van der Waals surface area contributed by atoms with Crippen LogP contribution in [0.4, 0.5) is 5.69 Å². The zero-order valence-electron chi connectivity index (χ0n) is 14.1. The summed E-state index contributed by atoms with van der Waals surface area (Å²) < 4.78 is 7.54. The predicted molar refractivity (Wildman–Crippen MR) is 91.0 cm³/mol. The van der Waals surface area contributed by atoms with Crippen LogP contribution in [0.3, 0.4) is 0 Å². The Labute approximate surface area is 141 Å². The lowest BCUT2D eigenvalue weighted by atomic mass is 10.2. The lowest BCUT2D eigenvalue weighted by Gasteiger charge is -2.36. The number of morpholine rings is 1. The van der Waals surface area contributed by atoms with Gasteiger partial charge in [0.2, 0.25) is 0 Å². The van der Waals surface area contributed by atoms with Crippen molar-refractivity contribution in [1.29, 1.82) is 0 Å². The lowest BCUT2D eigenvalue weighted by Crippen LogP contribution is -2.45. The van der Waals surface area contributed by atoms with Crippen LogP contribution in [-0.2, 0) is 11.3 Å². The minimum absolute atomic E-state index is 0.168. The summed E-state index contributed by atoms with van der Waals surface area (Å²) in [5.41, 5.74) is 1.43. The highest BCUT2D eigenvalue weighted by Crippen LogP contribution is 2.20. The van der Waals surface area contributed by atoms with Crippen LogP contribution in [0.25, 0.3) is 0 Å². The Kier molecular flexibility index (Phi) is 5.10. The summed E-state index contributed by atoms with van der Waals surface area (Å²) in [6, 6.07) is 5.64. The lowest BCUT2D eigenvalue weighted by molar-refractivity contribution is -0.00522. The Morgan fingerprint density at radius 3 is 2.83 bits per heavy atom. The van der Waals surface area contributed by atoms with E-state index in [1.165, 1.54) is 0 Å². The van der Waals surface area contributed by atoms with Crippen molar-refractivity contribution in [1.82, 2.24) is 20.1 Å². The number of carbonyl (C=O) groups excluding carboxylic acids is 1. The molecule has 2 atom stereocenters. The molecule has 1 fully saturated rings. The van der Waals surface area contributed by atoms with E-state index in [0.717, 1.165) is 18.8 Å². The summed E-state index contributed by atoms with van der Waals surface area (Å²) in [4.78, 5) is 18.7. The molecule has 2 aromatic heterocycles. The third kappa shape index (κ3) is 4.11. The van der Waals surface area contributed by atoms with Crippen molar-refractivity contribution in [3.05, 3.63) is 42.5 Å². The number of carbonyl (C=O) groups is 1. The van der Waals surface area contributed by atoms with Gasteiger partial charge in [0, 0.05) is 43.9 Å². The summed E-state index contributed by atoms with van der Waals surface area (Å²) >= 11 is 0. The van der Waals surface area contributed by atoms with Gasteiger partial charge in [-0.05, 0) is 32.0 Å². The van der Waals surface area contributed by atoms with Crippen molar-refractivity contribution < 1.29 is 9.53 Å². The quantitative estimate of drug-likeness (QED) is 0.896. The van der Waals surface area contributed by atoms with Gasteiger partial charge in [0.15, 0.2) is 0 Å². The molecule has 1 N–H and O–H groups in total. The van der Waals surface area contributed by atoms with E-state index in [0.29, 0.717) is 18.8 Å². The van der Waals surface area contributed by atoms with Crippen molar-refractivity contribution in [3.63, 3.8) is 0 Å². The van der Waals surface area contributed by atoms with Crippen molar-refractivity contribution >= 4 is 11.6 Å². The van der Waals surface area contributed by atoms with Gasteiger partial charge in [-0.2, -0.15) is 5.10 Å². The standard InChI is InChI=1S/C17H23N5O2/c1-13-11-21(12-14(2)24-13)15-4-6-18-16(10-15)17(23)19-7-9-22-8-3-5-20-22/h3-6,8,10,13-14H,7,9,11-12H2,1-2H3,(H,19,23)/t13-,14-/m1/s1. The van der Waals surface area contributed by atoms with E-state index in [1.807, 2.05) is 24.4 Å². The van der Waals surface area contributed by atoms with Crippen LogP contribution in [0.15, 0.2) is 36.8 Å². The maximum Gasteiger partial charge on any atom is 0.270 e. The fourth-order valence-corrected chi connectivity index (χ4v) is 2.94. The monoisotopic (exact) mass is 329 g/mol. The number of hydrogen-bond acceptors (Lipinski definition) is 5. The fourth-order valence-electron chi connectivity index (χ4n) is 2.94. The van der Waals surface area contributed by atoms with E-state index in [-0.39, 0.29) is 18.1 Å². The first kappa shape index (κ1) is 16.4. The van der Waals surface area contributed by atoms with Crippen LogP contribution >= 0.6 is 0 Å². The molecular formula is C17H23N5O2. The molecule has 1 amide bonds. The third-order valence-electron chi connectivity index (χ3n) is 3.95. The summed E-state index contributed by atoms with van der Waals surface area (Å²) in [5.74, 6) is -0.168. The second-order valence-electron chi connectivity index (χ2n) is 6.09. The molecule has 7 heteroatoms. The summed E-state index contributed by atoms with van der Waals surface area (Å²) in [6.07, 6.45) is 5.62. The minimum atomic E-state index is -0.168. The van der Waals surface area contributed by atoms with Crippen molar-refractivity contribution in [2.45, 2.75) is 32.6 Å². The normalized spacial score (nSPS) is 20.8. The molecule has 3 heterocycles. The maximum atomic E-state index is 12.3. The summed E-state index contributed by atoms with van der Waals surface area (Å²) in [7, 11) is 0. The van der Waals surface area contributed by atoms with Gasteiger partial charge in [-0.3, -0.25) is 14.5 Å². The van der Waals surface area contributed by atoms with Gasteiger partial charge < -0.3 is 15.0 Å². The average Bonchev–Trinajstić information content (AvgIpc) is 3.07. The highest BCUT2D eigenvalue weighted by molar-refractivity contribution is 5.93. The average molecular weight is 329 g/mol. The first-order valence-electron chi connectivity index (χ1n) is 8.24. The van der Waals surface area contributed by atoms with Crippen LogP contribution in [-0.4, -0.2) is 52.5 Å².